The number of fused-ring (bicyclic) bond motifs is 5. The van der Waals surface area contributed by atoms with Crippen molar-refractivity contribution in [3.05, 3.63) is 35.6 Å². The normalized spacial score (nSPS) is 45.4. The number of Topliss-reactive ketones (excluding diaryl/α,β-unsaturated/α-hetero) is 1. The number of rotatable bonds is 0. The van der Waals surface area contributed by atoms with Crippen LogP contribution < -0.4 is 0 Å². The molecule has 2 fully saturated rings. The van der Waals surface area contributed by atoms with Gasteiger partial charge in [-0.1, -0.05) is 19.6 Å². The van der Waals surface area contributed by atoms with E-state index in [2.05, 4.69) is 19.6 Å². The van der Waals surface area contributed by atoms with Gasteiger partial charge in [-0.2, -0.15) is 0 Å². The summed E-state index contributed by atoms with van der Waals surface area (Å²) in [6, 6.07) is 0. The Labute approximate surface area is 126 Å². The first-order chi connectivity index (χ1) is 10.0. The summed E-state index contributed by atoms with van der Waals surface area (Å²) >= 11 is 0. The standard InChI is InChI=1S/C19H24O2/c1-11-9-17-16-5-3-12-10-13(20)4-6-14(12)15(16)7-8-19(17,2)18(11)21/h3,10,14-17,20H,1,4-9H2,2H3/t14-,15+,16+,17-,19-/m0/s1. The monoisotopic (exact) mass is 284 g/mol. The molecule has 0 saturated heterocycles. The average molecular weight is 284 g/mol. The second-order valence-electron chi connectivity index (χ2n) is 7.75. The molecule has 0 amide bonds. The fourth-order valence-corrected chi connectivity index (χ4v) is 5.68. The van der Waals surface area contributed by atoms with Gasteiger partial charge in [0.25, 0.3) is 0 Å². The van der Waals surface area contributed by atoms with Crippen LogP contribution in [0.15, 0.2) is 35.6 Å². The molecule has 1 N–H and O–H groups in total. The van der Waals surface area contributed by atoms with Crippen LogP contribution in [0.1, 0.15) is 45.4 Å². The molecule has 0 aromatic heterocycles. The first-order valence-electron chi connectivity index (χ1n) is 8.33. The minimum Gasteiger partial charge on any atom is -0.512 e. The molecule has 2 saturated carbocycles. The SMILES string of the molecule is C=C1C[C@H]2[C@@H]3CC=C4C=C(O)CC[C@@H]4[C@H]3CC[C@]2(C)C1=O. The molecule has 5 atom stereocenters. The highest BCUT2D eigenvalue weighted by Gasteiger charge is 2.56. The summed E-state index contributed by atoms with van der Waals surface area (Å²) < 4.78 is 0. The highest BCUT2D eigenvalue weighted by atomic mass is 16.3. The minimum atomic E-state index is -0.143. The van der Waals surface area contributed by atoms with Crippen molar-refractivity contribution >= 4 is 5.78 Å². The Morgan fingerprint density at radius 1 is 1.33 bits per heavy atom. The van der Waals surface area contributed by atoms with E-state index in [-0.39, 0.29) is 5.41 Å². The zero-order chi connectivity index (χ0) is 14.8. The molecule has 4 rings (SSSR count). The van der Waals surface area contributed by atoms with Crippen molar-refractivity contribution in [1.29, 1.82) is 0 Å². The third-order valence-electron chi connectivity index (χ3n) is 6.80. The lowest BCUT2D eigenvalue weighted by molar-refractivity contribution is -0.128. The van der Waals surface area contributed by atoms with Gasteiger partial charge in [-0.05, 0) is 73.0 Å². The molecule has 0 aromatic rings. The molecule has 0 heterocycles. The van der Waals surface area contributed by atoms with Crippen LogP contribution in [0.25, 0.3) is 0 Å². The van der Waals surface area contributed by atoms with Crippen molar-refractivity contribution in [2.24, 2.45) is 29.1 Å². The lowest BCUT2D eigenvalue weighted by Gasteiger charge is -2.50. The zero-order valence-electron chi connectivity index (χ0n) is 12.8. The zero-order valence-corrected chi connectivity index (χ0v) is 12.8. The second-order valence-corrected chi connectivity index (χ2v) is 7.75. The maximum Gasteiger partial charge on any atom is 0.164 e. The van der Waals surface area contributed by atoms with Crippen molar-refractivity contribution < 1.29 is 9.90 Å². The number of carbonyl (C=O) groups excluding carboxylic acids is 1. The van der Waals surface area contributed by atoms with Gasteiger partial charge >= 0.3 is 0 Å². The number of aliphatic hydroxyl groups excluding tert-OH is 1. The van der Waals surface area contributed by atoms with Gasteiger partial charge in [-0.15, -0.1) is 0 Å². The third-order valence-corrected chi connectivity index (χ3v) is 6.80. The number of hydrogen-bond acceptors (Lipinski definition) is 2. The second kappa shape index (κ2) is 4.34. The molecule has 0 aromatic carbocycles. The smallest absolute Gasteiger partial charge is 0.164 e. The number of allylic oxidation sites excluding steroid dienone is 5. The molecule has 0 unspecified atom stereocenters. The molecule has 4 aliphatic carbocycles. The number of aliphatic hydroxyl groups is 1. The van der Waals surface area contributed by atoms with E-state index in [9.17, 15) is 9.90 Å². The van der Waals surface area contributed by atoms with E-state index in [1.165, 1.54) is 5.57 Å². The first kappa shape index (κ1) is 13.4. The number of ketones is 1. The Balaban J connectivity index is 1.69. The van der Waals surface area contributed by atoms with E-state index < -0.39 is 0 Å². The Kier molecular flexibility index (Phi) is 2.76. The summed E-state index contributed by atoms with van der Waals surface area (Å²) in [5, 5.41) is 9.77. The Hall–Kier alpha value is -1.31. The molecule has 2 heteroatoms. The summed E-state index contributed by atoms with van der Waals surface area (Å²) in [6.07, 6.45) is 10.4. The molecule has 0 bridgehead atoms. The van der Waals surface area contributed by atoms with Crippen molar-refractivity contribution in [3.63, 3.8) is 0 Å². The maximum atomic E-state index is 12.5. The van der Waals surface area contributed by atoms with E-state index in [1.807, 2.05) is 6.08 Å². The van der Waals surface area contributed by atoms with Crippen molar-refractivity contribution in [1.82, 2.24) is 0 Å². The van der Waals surface area contributed by atoms with Crippen molar-refractivity contribution in [2.45, 2.75) is 45.4 Å². The lowest BCUT2D eigenvalue weighted by Crippen LogP contribution is -2.45. The Bertz CT molecular complexity index is 582. The lowest BCUT2D eigenvalue weighted by atomic mass is 9.53. The van der Waals surface area contributed by atoms with Crippen molar-refractivity contribution in [3.8, 4) is 0 Å². The largest absolute Gasteiger partial charge is 0.512 e. The van der Waals surface area contributed by atoms with Crippen LogP contribution in [0.4, 0.5) is 0 Å². The van der Waals surface area contributed by atoms with Gasteiger partial charge < -0.3 is 5.11 Å². The Morgan fingerprint density at radius 3 is 2.95 bits per heavy atom. The van der Waals surface area contributed by atoms with Crippen LogP contribution in [-0.2, 0) is 4.79 Å². The third kappa shape index (κ3) is 1.74. The number of hydrogen-bond donors (Lipinski definition) is 1. The molecular formula is C19H24O2. The fraction of sp³-hybridized carbons (Fsp3) is 0.632. The molecule has 0 radical (unpaired) electrons. The van der Waals surface area contributed by atoms with Gasteiger partial charge in [0.05, 0.1) is 5.76 Å². The van der Waals surface area contributed by atoms with Gasteiger partial charge in [0.1, 0.15) is 0 Å². The van der Waals surface area contributed by atoms with Crippen LogP contribution in [0.5, 0.6) is 0 Å². The van der Waals surface area contributed by atoms with E-state index in [4.69, 9.17) is 0 Å². The van der Waals surface area contributed by atoms with Gasteiger partial charge in [-0.25, -0.2) is 0 Å². The van der Waals surface area contributed by atoms with Crippen LogP contribution in [-0.4, -0.2) is 10.9 Å². The average Bonchev–Trinajstić information content (AvgIpc) is 2.70. The summed E-state index contributed by atoms with van der Waals surface area (Å²) in [4.78, 5) is 12.5. The first-order valence-corrected chi connectivity index (χ1v) is 8.33. The summed E-state index contributed by atoms with van der Waals surface area (Å²) in [7, 11) is 0. The fourth-order valence-electron chi connectivity index (χ4n) is 5.68. The molecule has 0 spiro atoms. The predicted octanol–water partition coefficient (Wildman–Crippen LogP) is 4.35. The topological polar surface area (TPSA) is 37.3 Å². The van der Waals surface area contributed by atoms with Crippen LogP contribution in [0, 0.1) is 29.1 Å². The molecule has 112 valence electrons. The summed E-state index contributed by atoms with van der Waals surface area (Å²) in [5.41, 5.74) is 2.07. The molecule has 4 aliphatic rings. The Morgan fingerprint density at radius 2 is 2.14 bits per heavy atom. The minimum absolute atomic E-state index is 0.143. The van der Waals surface area contributed by atoms with E-state index in [0.29, 0.717) is 35.2 Å². The quantitative estimate of drug-likeness (QED) is 0.672. The highest BCUT2D eigenvalue weighted by molar-refractivity contribution is 6.02. The number of carbonyl (C=O) groups is 1. The van der Waals surface area contributed by atoms with Crippen molar-refractivity contribution in [2.75, 3.05) is 0 Å². The van der Waals surface area contributed by atoms with Gasteiger partial charge in [0.15, 0.2) is 5.78 Å². The molecular weight excluding hydrogens is 260 g/mol. The molecule has 0 aliphatic heterocycles. The highest BCUT2D eigenvalue weighted by Crippen LogP contribution is 2.60. The predicted molar refractivity (Wildman–Crippen MR) is 82.7 cm³/mol. The van der Waals surface area contributed by atoms with Crippen LogP contribution in [0.2, 0.25) is 0 Å². The van der Waals surface area contributed by atoms with Gasteiger partial charge in [0.2, 0.25) is 0 Å². The summed E-state index contributed by atoms with van der Waals surface area (Å²) in [5.74, 6) is 3.31. The molecule has 2 nitrogen and oxygen atoms in total. The van der Waals surface area contributed by atoms with Gasteiger partial charge in [-0.3, -0.25) is 4.79 Å². The van der Waals surface area contributed by atoms with E-state index in [1.54, 1.807) is 0 Å². The molecule has 21 heavy (non-hydrogen) atoms. The maximum absolute atomic E-state index is 12.5. The van der Waals surface area contributed by atoms with E-state index >= 15 is 0 Å². The van der Waals surface area contributed by atoms with Crippen LogP contribution >= 0.6 is 0 Å². The van der Waals surface area contributed by atoms with E-state index in [0.717, 1.165) is 44.1 Å². The van der Waals surface area contributed by atoms with Gasteiger partial charge in [0, 0.05) is 11.8 Å². The van der Waals surface area contributed by atoms with Crippen LogP contribution in [0.3, 0.4) is 0 Å². The summed E-state index contributed by atoms with van der Waals surface area (Å²) in [6.45, 7) is 6.21.